The maximum absolute atomic E-state index is 13.4. The number of hydrogen-bond donors (Lipinski definition) is 1. The fourth-order valence-corrected chi connectivity index (χ4v) is 4.40. The molecule has 146 valence electrons. The quantitative estimate of drug-likeness (QED) is 0.781. The maximum atomic E-state index is 13.4. The summed E-state index contributed by atoms with van der Waals surface area (Å²) in [6.07, 6.45) is 2.09. The first-order chi connectivity index (χ1) is 12.9. The normalized spacial score (nSPS) is 16.4. The van der Waals surface area contributed by atoms with Gasteiger partial charge in [0.15, 0.2) is 11.6 Å². The number of methoxy groups -OCH3 is 1. The second-order valence-electron chi connectivity index (χ2n) is 6.43. The van der Waals surface area contributed by atoms with E-state index in [4.69, 9.17) is 4.74 Å². The maximum Gasteiger partial charge on any atom is 0.240 e. The van der Waals surface area contributed by atoms with Crippen LogP contribution >= 0.6 is 0 Å². The molecule has 1 atom stereocenters. The molecule has 1 aliphatic rings. The highest BCUT2D eigenvalue weighted by Crippen LogP contribution is 2.31. The second kappa shape index (κ2) is 8.33. The van der Waals surface area contributed by atoms with Crippen LogP contribution in [0.3, 0.4) is 0 Å². The minimum atomic E-state index is -3.98. The van der Waals surface area contributed by atoms with Crippen LogP contribution in [0, 0.1) is 11.6 Å². The Morgan fingerprint density at radius 2 is 1.81 bits per heavy atom. The van der Waals surface area contributed by atoms with Gasteiger partial charge in [-0.2, -0.15) is 0 Å². The topological polar surface area (TPSA) is 58.6 Å². The fraction of sp³-hybridized carbons (Fsp3) is 0.368. The average Bonchev–Trinajstić information content (AvgIpc) is 3.19. The molecule has 0 spiro atoms. The number of nitrogens with one attached hydrogen (secondary N) is 1. The van der Waals surface area contributed by atoms with Crippen LogP contribution in [0.5, 0.6) is 5.75 Å². The van der Waals surface area contributed by atoms with Crippen LogP contribution in [0.15, 0.2) is 47.4 Å². The molecule has 1 N–H and O–H groups in total. The van der Waals surface area contributed by atoms with E-state index < -0.39 is 21.7 Å². The lowest BCUT2D eigenvalue weighted by atomic mass is 10.0. The molecule has 3 rings (SSSR count). The van der Waals surface area contributed by atoms with Crippen molar-refractivity contribution in [2.24, 2.45) is 0 Å². The Morgan fingerprint density at radius 1 is 1.11 bits per heavy atom. The van der Waals surface area contributed by atoms with Crippen LogP contribution in [0.2, 0.25) is 0 Å². The molecule has 8 heteroatoms. The summed E-state index contributed by atoms with van der Waals surface area (Å²) < 4.78 is 59.6. The zero-order chi connectivity index (χ0) is 19.4. The van der Waals surface area contributed by atoms with E-state index in [2.05, 4.69) is 9.62 Å². The number of nitrogens with zero attached hydrogens (tertiary/aromatic N) is 1. The fourth-order valence-electron chi connectivity index (χ4n) is 3.35. The molecule has 1 aliphatic heterocycles. The van der Waals surface area contributed by atoms with Gasteiger partial charge in [-0.1, -0.05) is 18.2 Å². The minimum Gasteiger partial charge on any atom is -0.496 e. The summed E-state index contributed by atoms with van der Waals surface area (Å²) in [7, 11) is -2.40. The highest BCUT2D eigenvalue weighted by atomic mass is 32.2. The summed E-state index contributed by atoms with van der Waals surface area (Å²) in [5, 5.41) is 0. The standard InChI is InChI=1S/C19H22F2N2O3S/c1-26-19-7-3-2-6-15(19)18(23-10-4-5-11-23)13-22-27(24,25)14-8-9-16(20)17(21)12-14/h2-3,6-9,12,18,22H,4-5,10-11,13H2,1H3. The molecule has 1 fully saturated rings. The number of hydrogen-bond acceptors (Lipinski definition) is 4. The van der Waals surface area contributed by atoms with E-state index in [9.17, 15) is 17.2 Å². The third kappa shape index (κ3) is 4.45. The Bertz CT molecular complexity index is 900. The lowest BCUT2D eigenvalue weighted by Crippen LogP contribution is -2.37. The van der Waals surface area contributed by atoms with Crippen LogP contribution < -0.4 is 9.46 Å². The van der Waals surface area contributed by atoms with Crippen LogP contribution in [0.1, 0.15) is 24.4 Å². The summed E-state index contributed by atoms with van der Waals surface area (Å²) in [5.74, 6) is -1.60. The lowest BCUT2D eigenvalue weighted by Gasteiger charge is -2.29. The monoisotopic (exact) mass is 396 g/mol. The highest BCUT2D eigenvalue weighted by Gasteiger charge is 2.28. The first-order valence-corrected chi connectivity index (χ1v) is 10.2. The van der Waals surface area contributed by atoms with E-state index in [0.717, 1.165) is 43.6 Å². The van der Waals surface area contributed by atoms with Crippen LogP contribution in [0.25, 0.3) is 0 Å². The van der Waals surface area contributed by atoms with Crippen LogP contribution in [-0.4, -0.2) is 40.1 Å². The van der Waals surface area contributed by atoms with Gasteiger partial charge in [0.25, 0.3) is 0 Å². The second-order valence-corrected chi connectivity index (χ2v) is 8.20. The molecule has 0 amide bonds. The van der Waals surface area contributed by atoms with Gasteiger partial charge in [0.05, 0.1) is 18.0 Å². The number of benzene rings is 2. The average molecular weight is 396 g/mol. The van der Waals surface area contributed by atoms with Gasteiger partial charge in [0.1, 0.15) is 5.75 Å². The van der Waals surface area contributed by atoms with Crippen LogP contribution in [-0.2, 0) is 10.0 Å². The zero-order valence-electron chi connectivity index (χ0n) is 15.0. The van der Waals surface area contributed by atoms with Crippen molar-refractivity contribution >= 4 is 10.0 Å². The molecule has 5 nitrogen and oxygen atoms in total. The molecule has 1 heterocycles. The number of para-hydroxylation sites is 1. The van der Waals surface area contributed by atoms with E-state index in [1.165, 1.54) is 0 Å². The van der Waals surface area contributed by atoms with Crippen molar-refractivity contribution in [1.29, 1.82) is 0 Å². The number of sulfonamides is 1. The molecule has 0 aliphatic carbocycles. The molecule has 0 saturated carbocycles. The minimum absolute atomic E-state index is 0.0989. The highest BCUT2D eigenvalue weighted by molar-refractivity contribution is 7.89. The van der Waals surface area contributed by atoms with Gasteiger partial charge in [-0.25, -0.2) is 21.9 Å². The molecule has 0 bridgehead atoms. The number of rotatable bonds is 7. The van der Waals surface area contributed by atoms with Gasteiger partial charge in [0, 0.05) is 12.1 Å². The van der Waals surface area contributed by atoms with Crippen molar-refractivity contribution < 1.29 is 21.9 Å². The Morgan fingerprint density at radius 3 is 2.48 bits per heavy atom. The molecule has 1 unspecified atom stereocenters. The number of ether oxygens (including phenoxy) is 1. The van der Waals surface area contributed by atoms with Crippen molar-refractivity contribution in [2.45, 2.75) is 23.8 Å². The molecule has 0 radical (unpaired) electrons. The Balaban J connectivity index is 1.85. The lowest BCUT2D eigenvalue weighted by molar-refractivity contribution is 0.240. The van der Waals surface area contributed by atoms with Gasteiger partial charge in [-0.05, 0) is 50.2 Å². The molecule has 0 aromatic heterocycles. The third-order valence-corrected chi connectivity index (χ3v) is 6.17. The summed E-state index contributed by atoms with van der Waals surface area (Å²) in [6.45, 7) is 1.81. The largest absolute Gasteiger partial charge is 0.496 e. The van der Waals surface area contributed by atoms with Crippen molar-refractivity contribution in [3.63, 3.8) is 0 Å². The van der Waals surface area contributed by atoms with E-state index >= 15 is 0 Å². The Kier molecular flexibility index (Phi) is 6.08. The van der Waals surface area contributed by atoms with Gasteiger partial charge in [-0.3, -0.25) is 4.90 Å². The van der Waals surface area contributed by atoms with E-state index in [1.54, 1.807) is 7.11 Å². The molecule has 27 heavy (non-hydrogen) atoms. The molecular weight excluding hydrogens is 374 g/mol. The third-order valence-electron chi connectivity index (χ3n) is 4.75. The summed E-state index contributed by atoms with van der Waals surface area (Å²) in [6, 6.07) is 9.81. The van der Waals surface area contributed by atoms with Gasteiger partial charge < -0.3 is 4.74 Å². The van der Waals surface area contributed by atoms with Crippen molar-refractivity contribution in [3.8, 4) is 5.75 Å². The van der Waals surface area contributed by atoms with E-state index in [1.807, 2.05) is 24.3 Å². The summed E-state index contributed by atoms with van der Waals surface area (Å²) in [4.78, 5) is 1.90. The first kappa shape index (κ1) is 19.7. The van der Waals surface area contributed by atoms with Gasteiger partial charge in [-0.15, -0.1) is 0 Å². The van der Waals surface area contributed by atoms with Crippen molar-refractivity contribution in [2.75, 3.05) is 26.7 Å². The first-order valence-electron chi connectivity index (χ1n) is 8.74. The van der Waals surface area contributed by atoms with Gasteiger partial charge in [0.2, 0.25) is 10.0 Å². The van der Waals surface area contributed by atoms with Crippen molar-refractivity contribution in [3.05, 3.63) is 59.7 Å². The Labute approximate surface area is 158 Å². The van der Waals surface area contributed by atoms with Gasteiger partial charge >= 0.3 is 0 Å². The van der Waals surface area contributed by atoms with Crippen molar-refractivity contribution in [1.82, 2.24) is 9.62 Å². The molecular formula is C19H22F2N2O3S. The Hall–Kier alpha value is -2.03. The van der Waals surface area contributed by atoms with Crippen LogP contribution in [0.4, 0.5) is 8.78 Å². The summed E-state index contributed by atoms with van der Waals surface area (Å²) in [5.41, 5.74) is 0.884. The number of halogens is 2. The zero-order valence-corrected chi connectivity index (χ0v) is 15.8. The number of likely N-dealkylation sites (tertiary alicyclic amines) is 1. The van der Waals surface area contributed by atoms with E-state index in [-0.39, 0.29) is 17.5 Å². The predicted molar refractivity (Wildman–Crippen MR) is 98.1 cm³/mol. The van der Waals surface area contributed by atoms with E-state index in [0.29, 0.717) is 11.8 Å². The molecule has 1 saturated heterocycles. The molecule has 2 aromatic rings. The predicted octanol–water partition coefficient (Wildman–Crippen LogP) is 3.09. The SMILES string of the molecule is COc1ccccc1C(CNS(=O)(=O)c1ccc(F)c(F)c1)N1CCCC1. The molecule has 2 aromatic carbocycles. The smallest absolute Gasteiger partial charge is 0.240 e. The summed E-state index contributed by atoms with van der Waals surface area (Å²) >= 11 is 0.